The molecule has 1 saturated carbocycles. The molecular weight excluding hydrogens is 596 g/mol. The number of ether oxygens (including phenoxy) is 4. The Morgan fingerprint density at radius 3 is 2.62 bits per heavy atom. The molecule has 2 fully saturated rings. The number of para-hydroxylation sites is 1. The molecule has 3 heterocycles. The smallest absolute Gasteiger partial charge is 0.410 e. The van der Waals surface area contributed by atoms with E-state index >= 15 is 0 Å². The fraction of sp³-hybridized carbons (Fsp3) is 0.459. The van der Waals surface area contributed by atoms with Crippen LogP contribution in [0.2, 0.25) is 0 Å². The van der Waals surface area contributed by atoms with Crippen molar-refractivity contribution in [2.24, 2.45) is 11.3 Å². The molecule has 1 aliphatic carbocycles. The summed E-state index contributed by atoms with van der Waals surface area (Å²) in [6.45, 7) is 9.74. The molecule has 6 rings (SSSR count). The van der Waals surface area contributed by atoms with E-state index in [1.165, 1.54) is 7.11 Å². The molecule has 0 unspecified atom stereocenters. The summed E-state index contributed by atoms with van der Waals surface area (Å²) < 4.78 is 22.8. The molecule has 1 saturated heterocycles. The number of hydrogen-bond donors (Lipinski definition) is 0. The molecule has 3 aromatic rings. The molecule has 1 aromatic heterocycles. The number of hydrogen-bond acceptors (Lipinski definition) is 9. The average Bonchev–Trinajstić information content (AvgIpc) is 3.70. The third-order valence-electron chi connectivity index (χ3n) is 9.57. The second-order valence-corrected chi connectivity index (χ2v) is 13.7. The Morgan fingerprint density at radius 2 is 1.89 bits per heavy atom. The van der Waals surface area contributed by atoms with E-state index in [4.69, 9.17) is 23.9 Å². The number of amides is 1. The number of aryl methyl sites for hydroxylation is 1. The summed E-state index contributed by atoms with van der Waals surface area (Å²) in [5.41, 5.74) is 4.69. The van der Waals surface area contributed by atoms with E-state index in [9.17, 15) is 14.9 Å². The highest BCUT2D eigenvalue weighted by Crippen LogP contribution is 2.62. The minimum Gasteiger partial charge on any atom is -0.488 e. The summed E-state index contributed by atoms with van der Waals surface area (Å²) in [7, 11) is 3.10. The summed E-state index contributed by atoms with van der Waals surface area (Å²) in [4.78, 5) is 34.4. The number of esters is 1. The van der Waals surface area contributed by atoms with Crippen molar-refractivity contribution in [3.63, 3.8) is 0 Å². The van der Waals surface area contributed by atoms with Gasteiger partial charge in [0, 0.05) is 37.9 Å². The Balaban J connectivity index is 1.23. The number of anilines is 1. The Bertz CT molecular complexity index is 1740. The van der Waals surface area contributed by atoms with Gasteiger partial charge in [-0.05, 0) is 81.3 Å². The minimum atomic E-state index is -0.574. The molecule has 10 heteroatoms. The average molecular weight is 639 g/mol. The first-order valence-electron chi connectivity index (χ1n) is 16.1. The fourth-order valence-electron chi connectivity index (χ4n) is 7.23. The van der Waals surface area contributed by atoms with Crippen LogP contribution in [-0.4, -0.2) is 67.5 Å². The van der Waals surface area contributed by atoms with E-state index in [0.717, 1.165) is 45.7 Å². The second-order valence-electron chi connectivity index (χ2n) is 13.7. The minimum absolute atomic E-state index is 0.162. The van der Waals surface area contributed by atoms with Crippen molar-refractivity contribution in [2.45, 2.75) is 65.3 Å². The molecule has 0 bridgehead atoms. The molecular formula is C37H42N4O6. The van der Waals surface area contributed by atoms with Gasteiger partial charge in [-0.25, -0.2) is 9.78 Å². The summed E-state index contributed by atoms with van der Waals surface area (Å²) in [5, 5.41) is 10.2. The lowest BCUT2D eigenvalue weighted by atomic mass is 9.92. The van der Waals surface area contributed by atoms with Gasteiger partial charge < -0.3 is 28.7 Å². The van der Waals surface area contributed by atoms with E-state index < -0.39 is 11.0 Å². The first kappa shape index (κ1) is 32.3. The molecule has 10 nitrogen and oxygen atoms in total. The highest BCUT2D eigenvalue weighted by atomic mass is 16.6. The maximum absolute atomic E-state index is 12.8. The first-order valence-corrected chi connectivity index (χ1v) is 16.1. The summed E-state index contributed by atoms with van der Waals surface area (Å²) in [6.07, 6.45) is 1.02. The molecule has 0 radical (unpaired) electrons. The van der Waals surface area contributed by atoms with Gasteiger partial charge in [0.25, 0.3) is 0 Å². The van der Waals surface area contributed by atoms with Crippen LogP contribution in [0.15, 0.2) is 48.5 Å². The molecule has 1 amide bonds. The number of methoxy groups -OCH3 is 2. The summed E-state index contributed by atoms with van der Waals surface area (Å²) in [5.74, 6) is 1.49. The van der Waals surface area contributed by atoms with Crippen LogP contribution >= 0.6 is 0 Å². The van der Waals surface area contributed by atoms with E-state index in [0.29, 0.717) is 44.0 Å². The van der Waals surface area contributed by atoms with Gasteiger partial charge in [-0.3, -0.25) is 4.79 Å². The van der Waals surface area contributed by atoms with Crippen LogP contribution in [0, 0.1) is 29.6 Å². The topological polar surface area (TPSA) is 114 Å². The van der Waals surface area contributed by atoms with Crippen molar-refractivity contribution in [3.8, 4) is 23.1 Å². The SMILES string of the molecule is COC[C@H]1N(c2cccc(-c3cccc(C)c3OCc3ccc4c(c3C#N)CCN(C(=O)OC(C)(C)C)C4)n2)C[C@@H]2C[C@@]21C(=O)OC. The Hall–Kier alpha value is -4.62. The summed E-state index contributed by atoms with van der Waals surface area (Å²) >= 11 is 0. The first-order chi connectivity index (χ1) is 22.5. The van der Waals surface area contributed by atoms with Gasteiger partial charge in [0.15, 0.2) is 0 Å². The molecule has 47 heavy (non-hydrogen) atoms. The van der Waals surface area contributed by atoms with Crippen LogP contribution in [0.4, 0.5) is 10.6 Å². The number of nitriles is 1. The largest absolute Gasteiger partial charge is 0.488 e. The van der Waals surface area contributed by atoms with Gasteiger partial charge in [0.1, 0.15) is 23.8 Å². The van der Waals surface area contributed by atoms with Crippen LogP contribution in [0.1, 0.15) is 55.0 Å². The molecule has 0 N–H and O–H groups in total. The van der Waals surface area contributed by atoms with Crippen molar-refractivity contribution in [2.75, 3.05) is 38.8 Å². The number of benzene rings is 2. The van der Waals surface area contributed by atoms with Crippen LogP contribution in [0.3, 0.4) is 0 Å². The molecule has 3 atom stereocenters. The molecule has 2 aliphatic heterocycles. The predicted octanol–water partition coefficient (Wildman–Crippen LogP) is 5.82. The van der Waals surface area contributed by atoms with Crippen molar-refractivity contribution in [1.29, 1.82) is 5.26 Å². The lowest BCUT2D eigenvalue weighted by Crippen LogP contribution is -2.44. The van der Waals surface area contributed by atoms with Crippen LogP contribution in [0.5, 0.6) is 5.75 Å². The molecule has 3 aliphatic rings. The quantitative estimate of drug-likeness (QED) is 0.282. The summed E-state index contributed by atoms with van der Waals surface area (Å²) in [6, 6.07) is 18.0. The number of carbonyl (C=O) groups excluding carboxylic acids is 2. The van der Waals surface area contributed by atoms with Crippen molar-refractivity contribution < 1.29 is 28.5 Å². The van der Waals surface area contributed by atoms with E-state index in [1.54, 1.807) is 12.0 Å². The van der Waals surface area contributed by atoms with Crippen LogP contribution in [0.25, 0.3) is 11.3 Å². The maximum Gasteiger partial charge on any atom is 0.410 e. The maximum atomic E-state index is 12.8. The van der Waals surface area contributed by atoms with E-state index in [1.807, 2.05) is 76.2 Å². The zero-order valence-corrected chi connectivity index (χ0v) is 28.0. The van der Waals surface area contributed by atoms with Crippen molar-refractivity contribution >= 4 is 17.9 Å². The number of rotatable bonds is 8. The standard InChI is InChI=1S/C37H42N4O6/c1-23-9-7-10-28(30-11-8-12-32(39-30)41-20-26-17-37(26,34(42)45-6)31(41)22-44-5)33(23)46-21-25-14-13-24-19-40(35(43)47-36(2,3)4)16-15-27(24)29(25)18-38/h7-14,26,31H,15-17,19-22H2,1-6H3/t26-,31+,37+/m0/s1. The number of piperidine rings is 1. The van der Waals surface area contributed by atoms with Crippen molar-refractivity contribution in [1.82, 2.24) is 9.88 Å². The van der Waals surface area contributed by atoms with Gasteiger partial charge >= 0.3 is 12.1 Å². The third kappa shape index (κ3) is 6.00. The fourth-order valence-corrected chi connectivity index (χ4v) is 7.23. The number of nitrogens with zero attached hydrogens (tertiary/aromatic N) is 4. The van der Waals surface area contributed by atoms with Crippen molar-refractivity contribution in [3.05, 3.63) is 76.3 Å². The zero-order chi connectivity index (χ0) is 33.5. The van der Waals surface area contributed by atoms with Gasteiger partial charge in [0.05, 0.1) is 42.5 Å². The highest BCUT2D eigenvalue weighted by molar-refractivity contribution is 5.84. The van der Waals surface area contributed by atoms with Gasteiger partial charge in [-0.1, -0.05) is 30.3 Å². The van der Waals surface area contributed by atoms with Crippen LogP contribution in [-0.2, 0) is 38.6 Å². The Labute approximate surface area is 276 Å². The monoisotopic (exact) mass is 638 g/mol. The Morgan fingerprint density at radius 1 is 1.11 bits per heavy atom. The third-order valence-corrected chi connectivity index (χ3v) is 9.57. The number of carbonyl (C=O) groups is 2. The molecule has 246 valence electrons. The Kier molecular flexibility index (Phi) is 8.62. The number of pyridine rings is 1. The van der Waals surface area contributed by atoms with Crippen LogP contribution < -0.4 is 9.64 Å². The number of fused-ring (bicyclic) bond motifs is 2. The zero-order valence-electron chi connectivity index (χ0n) is 28.0. The van der Waals surface area contributed by atoms with Gasteiger partial charge in [-0.15, -0.1) is 0 Å². The van der Waals surface area contributed by atoms with Gasteiger partial charge in [-0.2, -0.15) is 5.26 Å². The number of aromatic nitrogens is 1. The van der Waals surface area contributed by atoms with E-state index in [2.05, 4.69) is 11.0 Å². The predicted molar refractivity (Wildman–Crippen MR) is 176 cm³/mol. The van der Waals surface area contributed by atoms with Gasteiger partial charge in [0.2, 0.25) is 0 Å². The highest BCUT2D eigenvalue weighted by Gasteiger charge is 2.71. The van der Waals surface area contributed by atoms with E-state index in [-0.39, 0.29) is 30.6 Å². The molecule has 2 aromatic carbocycles. The lowest BCUT2D eigenvalue weighted by molar-refractivity contribution is -0.148. The molecule has 0 spiro atoms. The lowest BCUT2D eigenvalue weighted by Gasteiger charge is -2.32. The second kappa shape index (κ2) is 12.5. The normalized spacial score (nSPS) is 21.4.